The van der Waals surface area contributed by atoms with E-state index in [0.717, 1.165) is 5.76 Å². The second kappa shape index (κ2) is 7.16. The molecule has 7 nitrogen and oxygen atoms in total. The van der Waals surface area contributed by atoms with Crippen LogP contribution >= 0.6 is 23.2 Å². The number of hydrogen-bond acceptors (Lipinski definition) is 6. The molecule has 9 heteroatoms. The van der Waals surface area contributed by atoms with Crippen LogP contribution in [0.3, 0.4) is 0 Å². The van der Waals surface area contributed by atoms with E-state index in [1.165, 1.54) is 6.07 Å². The minimum atomic E-state index is -0.471. The van der Waals surface area contributed by atoms with Gasteiger partial charge in [-0.05, 0) is 38.1 Å². The molecule has 25 heavy (non-hydrogen) atoms. The quantitative estimate of drug-likeness (QED) is 0.709. The van der Waals surface area contributed by atoms with Crippen molar-refractivity contribution in [2.24, 2.45) is 0 Å². The molecular weight excluding hydrogens is 369 g/mol. The molecule has 130 valence electrons. The van der Waals surface area contributed by atoms with Gasteiger partial charge in [-0.15, -0.1) is 5.10 Å². The Morgan fingerprint density at radius 3 is 2.68 bits per heavy atom. The lowest BCUT2D eigenvalue weighted by Crippen LogP contribution is -2.20. The van der Waals surface area contributed by atoms with Gasteiger partial charge >= 0.3 is 6.01 Å². The fraction of sp³-hybridized carbons (Fsp3) is 0.188. The van der Waals surface area contributed by atoms with Gasteiger partial charge in [-0.1, -0.05) is 28.3 Å². The van der Waals surface area contributed by atoms with Crippen LogP contribution in [0.5, 0.6) is 5.75 Å². The van der Waals surface area contributed by atoms with Gasteiger partial charge in [0.2, 0.25) is 0 Å². The van der Waals surface area contributed by atoms with Crippen LogP contribution in [0.2, 0.25) is 10.0 Å². The van der Waals surface area contributed by atoms with Gasteiger partial charge in [0.15, 0.2) is 6.61 Å². The average Bonchev–Trinajstić information content (AvgIpc) is 3.12. The summed E-state index contributed by atoms with van der Waals surface area (Å²) in [4.78, 5) is 11.9. The molecule has 0 aliphatic carbocycles. The molecule has 0 saturated heterocycles. The highest BCUT2D eigenvalue weighted by atomic mass is 35.5. The monoisotopic (exact) mass is 381 g/mol. The summed E-state index contributed by atoms with van der Waals surface area (Å²) in [5.74, 6) is 1.51. The number of hydrogen-bond donors (Lipinski definition) is 1. The summed E-state index contributed by atoms with van der Waals surface area (Å²) in [7, 11) is 0. The van der Waals surface area contributed by atoms with Gasteiger partial charge in [0.25, 0.3) is 11.8 Å². The molecule has 2 aromatic heterocycles. The molecule has 1 N–H and O–H groups in total. The molecular formula is C16H13Cl2N3O4. The number of amides is 1. The Morgan fingerprint density at radius 2 is 2.00 bits per heavy atom. The predicted octanol–water partition coefficient (Wildman–Crippen LogP) is 4.27. The third-order valence-electron chi connectivity index (χ3n) is 3.20. The number of anilines is 1. The highest BCUT2D eigenvalue weighted by molar-refractivity contribution is 6.35. The van der Waals surface area contributed by atoms with Crippen molar-refractivity contribution in [3.8, 4) is 17.2 Å². The first-order valence-electron chi connectivity index (χ1n) is 7.21. The summed E-state index contributed by atoms with van der Waals surface area (Å²) in [5, 5.41) is 10.9. The molecule has 0 atom stereocenters. The van der Waals surface area contributed by atoms with Gasteiger partial charge in [-0.3, -0.25) is 10.1 Å². The van der Waals surface area contributed by atoms with E-state index in [9.17, 15) is 4.79 Å². The second-order valence-electron chi connectivity index (χ2n) is 5.15. The number of carbonyl (C=O) groups is 1. The molecule has 0 fully saturated rings. The Kier molecular flexibility index (Phi) is 4.96. The lowest BCUT2D eigenvalue weighted by molar-refractivity contribution is -0.118. The van der Waals surface area contributed by atoms with Gasteiger partial charge < -0.3 is 13.6 Å². The number of benzene rings is 1. The van der Waals surface area contributed by atoms with Crippen LogP contribution in [-0.2, 0) is 4.79 Å². The number of furan rings is 1. The Hall–Kier alpha value is -2.51. The third kappa shape index (κ3) is 4.12. The van der Waals surface area contributed by atoms with Crippen LogP contribution in [0.25, 0.3) is 11.5 Å². The lowest BCUT2D eigenvalue weighted by atomic mass is 10.2. The maximum absolute atomic E-state index is 11.9. The van der Waals surface area contributed by atoms with Crippen molar-refractivity contribution in [2.75, 3.05) is 11.9 Å². The minimum absolute atomic E-state index is 0.0379. The van der Waals surface area contributed by atoms with Crippen LogP contribution in [0.1, 0.15) is 11.5 Å². The van der Waals surface area contributed by atoms with E-state index in [2.05, 4.69) is 15.5 Å². The molecule has 1 amide bonds. The van der Waals surface area contributed by atoms with E-state index in [1.807, 2.05) is 6.92 Å². The summed E-state index contributed by atoms with van der Waals surface area (Å²) >= 11 is 11.8. The Bertz CT molecular complexity index is 920. The Morgan fingerprint density at radius 1 is 1.20 bits per heavy atom. The summed E-state index contributed by atoms with van der Waals surface area (Å²) in [6.45, 7) is 3.33. The van der Waals surface area contributed by atoms with E-state index in [4.69, 9.17) is 36.8 Å². The molecule has 0 aliphatic rings. The molecule has 0 aliphatic heterocycles. The molecule has 0 bridgehead atoms. The minimum Gasteiger partial charge on any atom is -0.482 e. The van der Waals surface area contributed by atoms with E-state index in [-0.39, 0.29) is 18.5 Å². The van der Waals surface area contributed by atoms with Crippen molar-refractivity contribution in [1.82, 2.24) is 10.2 Å². The Labute approximate surface area is 152 Å². The molecule has 2 heterocycles. The maximum atomic E-state index is 11.9. The topological polar surface area (TPSA) is 90.4 Å². The van der Waals surface area contributed by atoms with Crippen LogP contribution in [0, 0.1) is 13.8 Å². The largest absolute Gasteiger partial charge is 0.482 e. The number of ether oxygens (including phenoxy) is 1. The van der Waals surface area contributed by atoms with Gasteiger partial charge in [0, 0.05) is 5.02 Å². The zero-order valence-electron chi connectivity index (χ0n) is 13.3. The van der Waals surface area contributed by atoms with Crippen molar-refractivity contribution in [2.45, 2.75) is 13.8 Å². The second-order valence-corrected chi connectivity index (χ2v) is 5.99. The summed E-state index contributed by atoms with van der Waals surface area (Å²) in [5.41, 5.74) is 0.676. The third-order valence-corrected chi connectivity index (χ3v) is 3.73. The van der Waals surface area contributed by atoms with E-state index >= 15 is 0 Å². The number of nitrogens with one attached hydrogen (secondary N) is 1. The first kappa shape index (κ1) is 17.3. The lowest BCUT2D eigenvalue weighted by Gasteiger charge is -2.07. The summed E-state index contributed by atoms with van der Waals surface area (Å²) in [6.07, 6.45) is 0. The fourth-order valence-corrected chi connectivity index (χ4v) is 2.58. The number of aryl methyl sites for hydroxylation is 2. The van der Waals surface area contributed by atoms with Crippen molar-refractivity contribution in [1.29, 1.82) is 0 Å². The highest BCUT2D eigenvalue weighted by Crippen LogP contribution is 2.28. The zero-order valence-corrected chi connectivity index (χ0v) is 14.8. The Balaban J connectivity index is 1.61. The van der Waals surface area contributed by atoms with Crippen LogP contribution in [0.4, 0.5) is 6.01 Å². The van der Waals surface area contributed by atoms with Crippen molar-refractivity contribution < 1.29 is 18.4 Å². The number of carbonyl (C=O) groups excluding carboxylic acids is 1. The van der Waals surface area contributed by atoms with Crippen molar-refractivity contribution >= 4 is 35.1 Å². The molecule has 1 aromatic carbocycles. The first-order chi connectivity index (χ1) is 11.9. The zero-order chi connectivity index (χ0) is 18.0. The van der Waals surface area contributed by atoms with E-state index in [0.29, 0.717) is 27.1 Å². The van der Waals surface area contributed by atoms with Gasteiger partial charge in [0.05, 0.1) is 10.6 Å². The fourth-order valence-electron chi connectivity index (χ4n) is 2.12. The van der Waals surface area contributed by atoms with Crippen LogP contribution in [0.15, 0.2) is 33.1 Å². The maximum Gasteiger partial charge on any atom is 0.322 e. The van der Waals surface area contributed by atoms with Gasteiger partial charge in [-0.2, -0.15) is 0 Å². The number of aromatic nitrogens is 2. The summed E-state index contributed by atoms with van der Waals surface area (Å²) < 4.78 is 16.2. The van der Waals surface area contributed by atoms with Crippen LogP contribution in [-0.4, -0.2) is 22.7 Å². The van der Waals surface area contributed by atoms with Crippen molar-refractivity contribution in [3.63, 3.8) is 0 Å². The smallest absolute Gasteiger partial charge is 0.322 e. The van der Waals surface area contributed by atoms with E-state index < -0.39 is 5.91 Å². The first-order valence-corrected chi connectivity index (χ1v) is 7.96. The molecule has 0 unspecified atom stereocenters. The molecule has 3 aromatic rings. The molecule has 0 saturated carbocycles. The SMILES string of the molecule is Cc1cc(-c2nnc(NC(=O)COc3ccc(Cl)cc3Cl)o2)c(C)o1. The summed E-state index contributed by atoms with van der Waals surface area (Å²) in [6, 6.07) is 6.45. The molecule has 0 radical (unpaired) electrons. The van der Waals surface area contributed by atoms with Crippen molar-refractivity contribution in [3.05, 3.63) is 45.8 Å². The number of rotatable bonds is 5. The van der Waals surface area contributed by atoms with Gasteiger partial charge in [-0.25, -0.2) is 0 Å². The standard InChI is InChI=1S/C16H13Cl2N3O4/c1-8-5-11(9(2)24-8)15-20-21-16(25-15)19-14(22)7-23-13-4-3-10(17)6-12(13)18/h3-6H,7H2,1-2H3,(H,19,21,22). The normalized spacial score (nSPS) is 10.7. The molecule has 0 spiro atoms. The number of halogens is 2. The highest BCUT2D eigenvalue weighted by Gasteiger charge is 2.16. The average molecular weight is 382 g/mol. The van der Waals surface area contributed by atoms with Gasteiger partial charge in [0.1, 0.15) is 17.3 Å². The van der Waals surface area contributed by atoms with Crippen LogP contribution < -0.4 is 10.1 Å². The number of nitrogens with zero attached hydrogens (tertiary/aromatic N) is 2. The molecule has 3 rings (SSSR count). The predicted molar refractivity (Wildman–Crippen MR) is 92.1 cm³/mol. The van der Waals surface area contributed by atoms with E-state index in [1.54, 1.807) is 25.1 Å².